The third-order valence-corrected chi connectivity index (χ3v) is 5.64. The molecule has 0 bridgehead atoms. The van der Waals surface area contributed by atoms with Gasteiger partial charge in [-0.1, -0.05) is 54.1 Å². The number of methoxy groups -OCH3 is 2. The maximum atomic E-state index is 13.1. The summed E-state index contributed by atoms with van der Waals surface area (Å²) in [5.74, 6) is 1.75. The van der Waals surface area contributed by atoms with Gasteiger partial charge in [0.1, 0.15) is 11.5 Å². The Morgan fingerprint density at radius 2 is 1.56 bits per heavy atom. The predicted molar refractivity (Wildman–Crippen MR) is 142 cm³/mol. The summed E-state index contributed by atoms with van der Waals surface area (Å²) in [5.41, 5.74) is 2.69. The summed E-state index contributed by atoms with van der Waals surface area (Å²) < 4.78 is 11.8. The first kappa shape index (κ1) is 24.8. The Balaban J connectivity index is 1.55. The molecule has 36 heavy (non-hydrogen) atoms. The Morgan fingerprint density at radius 1 is 0.917 bits per heavy atom. The summed E-state index contributed by atoms with van der Waals surface area (Å²) >= 11 is 6.21. The summed E-state index contributed by atoms with van der Waals surface area (Å²) in [5, 5.41) is 11.3. The number of rotatable bonds is 10. The van der Waals surface area contributed by atoms with Crippen molar-refractivity contribution in [3.8, 4) is 11.5 Å². The van der Waals surface area contributed by atoms with Crippen LogP contribution in [0.15, 0.2) is 78.9 Å². The molecule has 9 heteroatoms. The van der Waals surface area contributed by atoms with Gasteiger partial charge in [-0.2, -0.15) is 9.67 Å². The average molecular weight is 504 g/mol. The molecule has 8 nitrogen and oxygen atoms in total. The lowest BCUT2D eigenvalue weighted by Gasteiger charge is -2.07. The van der Waals surface area contributed by atoms with Crippen molar-refractivity contribution in [1.29, 1.82) is 0 Å². The molecule has 2 N–H and O–H groups in total. The molecule has 0 atom stereocenters. The summed E-state index contributed by atoms with van der Waals surface area (Å²) in [6.45, 7) is 0.882. The first-order valence-electron chi connectivity index (χ1n) is 11.2. The number of anilines is 2. The van der Waals surface area contributed by atoms with Crippen molar-refractivity contribution in [1.82, 2.24) is 14.8 Å². The minimum absolute atomic E-state index is 0.305. The summed E-state index contributed by atoms with van der Waals surface area (Å²) in [6.07, 6.45) is 3.07. The normalized spacial score (nSPS) is 10.9. The van der Waals surface area contributed by atoms with E-state index in [2.05, 4.69) is 20.7 Å². The number of ether oxygens (including phenoxy) is 2. The van der Waals surface area contributed by atoms with E-state index in [1.165, 1.54) is 10.8 Å². The predicted octanol–water partition coefficient (Wildman–Crippen LogP) is 5.53. The number of benzene rings is 3. The van der Waals surface area contributed by atoms with E-state index in [1.54, 1.807) is 26.4 Å². The first-order valence-corrected chi connectivity index (χ1v) is 11.6. The quantitative estimate of drug-likeness (QED) is 0.275. The van der Waals surface area contributed by atoms with E-state index in [0.717, 1.165) is 28.2 Å². The van der Waals surface area contributed by atoms with Crippen LogP contribution in [0.3, 0.4) is 0 Å². The zero-order chi connectivity index (χ0) is 25.3. The van der Waals surface area contributed by atoms with Crippen LogP contribution in [0.25, 0.3) is 6.08 Å². The van der Waals surface area contributed by atoms with E-state index in [1.807, 2.05) is 66.7 Å². The van der Waals surface area contributed by atoms with Crippen LogP contribution < -0.4 is 20.1 Å². The van der Waals surface area contributed by atoms with Crippen LogP contribution in [-0.4, -0.2) is 34.9 Å². The van der Waals surface area contributed by atoms with E-state index < -0.39 is 0 Å². The number of aromatic nitrogens is 3. The molecule has 0 fully saturated rings. The molecule has 1 aromatic heterocycles. The Morgan fingerprint density at radius 3 is 2.19 bits per heavy atom. The number of carbonyl (C=O) groups is 1. The third-order valence-electron chi connectivity index (χ3n) is 5.30. The van der Waals surface area contributed by atoms with Crippen LogP contribution in [0.2, 0.25) is 5.02 Å². The number of allylic oxidation sites excluding steroid dienone is 1. The highest BCUT2D eigenvalue weighted by Crippen LogP contribution is 2.19. The molecule has 1 heterocycles. The van der Waals surface area contributed by atoms with Crippen LogP contribution in [0.1, 0.15) is 21.5 Å². The fourth-order valence-corrected chi connectivity index (χ4v) is 3.62. The van der Waals surface area contributed by atoms with Gasteiger partial charge in [0.15, 0.2) is 0 Å². The van der Waals surface area contributed by atoms with Crippen LogP contribution in [0.5, 0.6) is 11.5 Å². The molecule has 184 valence electrons. The monoisotopic (exact) mass is 503 g/mol. The zero-order valence-corrected chi connectivity index (χ0v) is 20.7. The van der Waals surface area contributed by atoms with Gasteiger partial charge < -0.3 is 20.1 Å². The van der Waals surface area contributed by atoms with Crippen molar-refractivity contribution < 1.29 is 14.3 Å². The highest BCUT2D eigenvalue weighted by atomic mass is 35.5. The van der Waals surface area contributed by atoms with Gasteiger partial charge in [-0.25, -0.2) is 0 Å². The molecule has 0 aliphatic carbocycles. The summed E-state index contributed by atoms with van der Waals surface area (Å²) in [7, 11) is 3.24. The zero-order valence-electron chi connectivity index (χ0n) is 19.9. The molecule has 0 radical (unpaired) electrons. The molecule has 0 aliphatic rings. The highest BCUT2D eigenvalue weighted by molar-refractivity contribution is 6.32. The number of carbonyl (C=O) groups excluding carboxylic acids is 1. The van der Waals surface area contributed by atoms with Crippen molar-refractivity contribution in [2.75, 3.05) is 24.9 Å². The average Bonchev–Trinajstić information content (AvgIpc) is 3.33. The number of halogens is 1. The minimum atomic E-state index is -0.370. The second kappa shape index (κ2) is 11.9. The molecule has 3 aromatic carbocycles. The Bertz CT molecular complexity index is 1370. The molecule has 0 unspecified atom stereocenters. The number of nitrogens with zero attached hydrogens (tertiary/aromatic N) is 3. The van der Waals surface area contributed by atoms with Gasteiger partial charge in [0.05, 0.1) is 14.2 Å². The van der Waals surface area contributed by atoms with Crippen molar-refractivity contribution in [2.45, 2.75) is 13.1 Å². The molecule has 0 saturated carbocycles. The number of hydrogen-bond donors (Lipinski definition) is 2. The molecule has 0 spiro atoms. The van der Waals surface area contributed by atoms with E-state index in [-0.39, 0.29) is 5.91 Å². The molecule has 4 aromatic rings. The van der Waals surface area contributed by atoms with E-state index in [4.69, 9.17) is 21.1 Å². The van der Waals surface area contributed by atoms with Crippen molar-refractivity contribution in [3.63, 3.8) is 0 Å². The first-order chi connectivity index (χ1) is 17.6. The topological polar surface area (TPSA) is 90.3 Å². The Kier molecular flexibility index (Phi) is 8.20. The molecule has 0 aliphatic heterocycles. The Labute approximate surface area is 214 Å². The van der Waals surface area contributed by atoms with E-state index in [0.29, 0.717) is 30.0 Å². The van der Waals surface area contributed by atoms with Crippen molar-refractivity contribution >= 4 is 35.5 Å². The van der Waals surface area contributed by atoms with Gasteiger partial charge in [0.25, 0.3) is 5.91 Å². The highest BCUT2D eigenvalue weighted by Gasteiger charge is 2.15. The van der Waals surface area contributed by atoms with Gasteiger partial charge in [-0.05, 0) is 53.1 Å². The van der Waals surface area contributed by atoms with Crippen molar-refractivity contribution in [2.24, 2.45) is 0 Å². The number of hydrogen-bond acceptors (Lipinski definition) is 7. The molecule has 0 saturated heterocycles. The van der Waals surface area contributed by atoms with Gasteiger partial charge in [-0.15, -0.1) is 5.10 Å². The molecular weight excluding hydrogens is 478 g/mol. The lowest BCUT2D eigenvalue weighted by atomic mass is 10.2. The van der Waals surface area contributed by atoms with Crippen molar-refractivity contribution in [3.05, 3.63) is 101 Å². The van der Waals surface area contributed by atoms with Gasteiger partial charge in [0, 0.05) is 24.2 Å². The maximum absolute atomic E-state index is 13.1. The fraction of sp³-hybridized carbons (Fsp3) is 0.148. The SMILES string of the molecule is COc1cccc(CNc2nc(NCc3cccc(OC)c3)n(C(=O)C=Cc3ccccc3Cl)n2)c1. The second-order valence-corrected chi connectivity index (χ2v) is 8.18. The second-order valence-electron chi connectivity index (χ2n) is 7.77. The third kappa shape index (κ3) is 6.43. The maximum Gasteiger partial charge on any atom is 0.274 e. The lowest BCUT2D eigenvalue weighted by molar-refractivity contribution is 0.0957. The standard InChI is InChI=1S/C27H26ClN5O3/c1-35-22-10-5-7-19(15-22)17-29-26-31-27(30-18-20-8-6-11-23(16-20)36-2)33(32-26)25(34)14-13-21-9-3-4-12-24(21)28/h3-16H,17-18H2,1-2H3,(H2,29,30,31,32). The van der Waals surface area contributed by atoms with E-state index in [9.17, 15) is 4.79 Å². The fourth-order valence-electron chi connectivity index (χ4n) is 3.42. The smallest absolute Gasteiger partial charge is 0.274 e. The molecular formula is C27H26ClN5O3. The van der Waals surface area contributed by atoms with Gasteiger partial charge >= 0.3 is 0 Å². The van der Waals surface area contributed by atoms with Gasteiger partial charge in [0.2, 0.25) is 11.9 Å². The molecule has 4 rings (SSSR count). The largest absolute Gasteiger partial charge is 0.497 e. The van der Waals surface area contributed by atoms with Crippen LogP contribution in [-0.2, 0) is 13.1 Å². The van der Waals surface area contributed by atoms with E-state index >= 15 is 0 Å². The number of nitrogens with one attached hydrogen (secondary N) is 2. The van der Waals surface area contributed by atoms with Crippen LogP contribution >= 0.6 is 11.6 Å². The molecule has 0 amide bonds. The van der Waals surface area contributed by atoms with Gasteiger partial charge in [-0.3, -0.25) is 4.79 Å². The summed E-state index contributed by atoms with van der Waals surface area (Å²) in [4.78, 5) is 17.6. The lowest BCUT2D eigenvalue weighted by Crippen LogP contribution is -2.14. The van der Waals surface area contributed by atoms with Crippen LogP contribution in [0.4, 0.5) is 11.9 Å². The minimum Gasteiger partial charge on any atom is -0.497 e. The van der Waals surface area contributed by atoms with Crippen LogP contribution in [0, 0.1) is 0 Å². The summed E-state index contributed by atoms with van der Waals surface area (Å²) in [6, 6.07) is 22.6. The Hall–Kier alpha value is -4.30.